The molecule has 2 aromatic rings. The van der Waals surface area contributed by atoms with Gasteiger partial charge in [-0.25, -0.2) is 4.98 Å². The summed E-state index contributed by atoms with van der Waals surface area (Å²) in [4.78, 5) is 7.97. The third-order valence-corrected chi connectivity index (χ3v) is 2.47. The first-order chi connectivity index (χ1) is 8.15. The van der Waals surface area contributed by atoms with E-state index in [-0.39, 0.29) is 0 Å². The highest BCUT2D eigenvalue weighted by Crippen LogP contribution is 2.11. The summed E-state index contributed by atoms with van der Waals surface area (Å²) in [6, 6.07) is 7.02. The highest BCUT2D eigenvalue weighted by molar-refractivity contribution is 5.70. The van der Waals surface area contributed by atoms with Gasteiger partial charge in [-0.05, 0) is 43.2 Å². The van der Waals surface area contributed by atoms with E-state index < -0.39 is 5.95 Å². The first-order valence-electron chi connectivity index (χ1n) is 5.39. The maximum absolute atomic E-state index is 12.6. The number of rotatable bonds is 2. The van der Waals surface area contributed by atoms with Gasteiger partial charge in [0.25, 0.3) is 0 Å². The monoisotopic (exact) mass is 228 g/mol. The van der Waals surface area contributed by atoms with Crippen LogP contribution >= 0.6 is 0 Å². The fraction of sp³-hybridized carbons (Fsp3) is 0.143. The molecule has 0 radical (unpaired) electrons. The molecule has 3 heteroatoms. The number of aryl methyl sites for hydroxylation is 2. The van der Waals surface area contributed by atoms with Crippen LogP contribution in [-0.2, 0) is 0 Å². The Labute approximate surface area is 99.9 Å². The third-order valence-electron chi connectivity index (χ3n) is 2.47. The van der Waals surface area contributed by atoms with Gasteiger partial charge < -0.3 is 0 Å². The molecular weight excluding hydrogens is 215 g/mol. The van der Waals surface area contributed by atoms with Crippen molar-refractivity contribution >= 4 is 12.2 Å². The lowest BCUT2D eigenvalue weighted by atomic mass is 10.1. The molecule has 0 unspecified atom stereocenters. The zero-order chi connectivity index (χ0) is 12.3. The van der Waals surface area contributed by atoms with Gasteiger partial charge in [0, 0.05) is 17.6 Å². The molecule has 0 aromatic carbocycles. The van der Waals surface area contributed by atoms with Gasteiger partial charge in [0.1, 0.15) is 0 Å². The quantitative estimate of drug-likeness (QED) is 0.736. The predicted octanol–water partition coefficient (Wildman–Crippen LogP) is 3.40. The molecule has 0 saturated heterocycles. The number of pyridine rings is 2. The molecule has 2 rings (SSSR count). The summed E-state index contributed by atoms with van der Waals surface area (Å²) >= 11 is 0. The zero-order valence-electron chi connectivity index (χ0n) is 9.81. The van der Waals surface area contributed by atoms with E-state index in [1.165, 1.54) is 12.3 Å². The van der Waals surface area contributed by atoms with Crippen LogP contribution in [0.2, 0.25) is 0 Å². The lowest BCUT2D eigenvalue weighted by Gasteiger charge is -2.00. The summed E-state index contributed by atoms with van der Waals surface area (Å²) in [7, 11) is 0. The van der Waals surface area contributed by atoms with E-state index in [0.29, 0.717) is 0 Å². The topological polar surface area (TPSA) is 25.8 Å². The largest absolute Gasteiger partial charge is 0.258 e. The van der Waals surface area contributed by atoms with Gasteiger partial charge in [-0.1, -0.05) is 18.2 Å². The summed E-state index contributed by atoms with van der Waals surface area (Å²) in [6.45, 7) is 3.93. The maximum Gasteiger partial charge on any atom is 0.212 e. The van der Waals surface area contributed by atoms with E-state index in [0.717, 1.165) is 22.5 Å². The maximum atomic E-state index is 12.6. The lowest BCUT2D eigenvalue weighted by Crippen LogP contribution is -1.88. The SMILES string of the molecule is Cc1ccc(/C=C/c2ccc(F)nc2)c(C)n1. The molecule has 2 nitrogen and oxygen atoms in total. The van der Waals surface area contributed by atoms with Crippen LogP contribution in [-0.4, -0.2) is 9.97 Å². The van der Waals surface area contributed by atoms with E-state index >= 15 is 0 Å². The predicted molar refractivity (Wildman–Crippen MR) is 66.8 cm³/mol. The van der Waals surface area contributed by atoms with Gasteiger partial charge in [0.15, 0.2) is 0 Å². The second-order valence-electron chi connectivity index (χ2n) is 3.87. The van der Waals surface area contributed by atoms with Crippen molar-refractivity contribution in [3.63, 3.8) is 0 Å². The molecule has 0 atom stereocenters. The average molecular weight is 228 g/mol. The Balaban J connectivity index is 2.23. The van der Waals surface area contributed by atoms with Crippen LogP contribution in [0.1, 0.15) is 22.5 Å². The minimum atomic E-state index is -0.463. The number of halogens is 1. The smallest absolute Gasteiger partial charge is 0.212 e. The fourth-order valence-electron chi connectivity index (χ4n) is 1.55. The summed E-state index contributed by atoms with van der Waals surface area (Å²) in [5, 5.41) is 0. The van der Waals surface area contributed by atoms with Crippen molar-refractivity contribution < 1.29 is 4.39 Å². The molecule has 0 spiro atoms. The van der Waals surface area contributed by atoms with E-state index in [2.05, 4.69) is 9.97 Å². The first kappa shape index (κ1) is 11.5. The molecule has 0 aliphatic carbocycles. The Bertz CT molecular complexity index is 545. The summed E-state index contributed by atoms with van der Waals surface area (Å²) in [6.07, 6.45) is 5.35. The third kappa shape index (κ3) is 2.97. The highest BCUT2D eigenvalue weighted by atomic mass is 19.1. The van der Waals surface area contributed by atoms with Gasteiger partial charge in [-0.2, -0.15) is 4.39 Å². The Morgan fingerprint density at radius 1 is 1.06 bits per heavy atom. The van der Waals surface area contributed by atoms with Gasteiger partial charge in [-0.15, -0.1) is 0 Å². The molecule has 86 valence electrons. The summed E-state index contributed by atoms with van der Waals surface area (Å²) in [5.74, 6) is -0.463. The molecule has 0 fully saturated rings. The minimum absolute atomic E-state index is 0.463. The van der Waals surface area contributed by atoms with Crippen molar-refractivity contribution in [3.8, 4) is 0 Å². The standard InChI is InChI=1S/C14H13FN2/c1-10-3-6-13(11(2)17-10)7-4-12-5-8-14(15)16-9-12/h3-9H,1-2H3/b7-4+. The molecule has 0 aliphatic heterocycles. The molecule has 17 heavy (non-hydrogen) atoms. The normalized spacial score (nSPS) is 11.0. The highest BCUT2D eigenvalue weighted by Gasteiger charge is 1.96. The van der Waals surface area contributed by atoms with Gasteiger partial charge in [0.05, 0.1) is 0 Å². The van der Waals surface area contributed by atoms with E-state index in [9.17, 15) is 4.39 Å². The molecule has 2 aromatic heterocycles. The van der Waals surface area contributed by atoms with Crippen LogP contribution < -0.4 is 0 Å². The molecule has 0 amide bonds. The van der Waals surface area contributed by atoms with E-state index in [4.69, 9.17) is 0 Å². The Morgan fingerprint density at radius 2 is 1.88 bits per heavy atom. The average Bonchev–Trinajstić information content (AvgIpc) is 2.30. The number of aromatic nitrogens is 2. The van der Waals surface area contributed by atoms with Crippen molar-refractivity contribution in [1.29, 1.82) is 0 Å². The van der Waals surface area contributed by atoms with Gasteiger partial charge >= 0.3 is 0 Å². The van der Waals surface area contributed by atoms with Crippen molar-refractivity contribution in [3.05, 3.63) is 58.9 Å². The van der Waals surface area contributed by atoms with Crippen LogP contribution in [0.15, 0.2) is 30.5 Å². The first-order valence-corrected chi connectivity index (χ1v) is 5.39. The van der Waals surface area contributed by atoms with Crippen molar-refractivity contribution in [2.75, 3.05) is 0 Å². The van der Waals surface area contributed by atoms with Crippen LogP contribution in [0.4, 0.5) is 4.39 Å². The van der Waals surface area contributed by atoms with E-state index in [1.54, 1.807) is 6.07 Å². The molecule has 0 bridgehead atoms. The lowest BCUT2D eigenvalue weighted by molar-refractivity contribution is 0.583. The van der Waals surface area contributed by atoms with E-state index in [1.807, 2.05) is 38.1 Å². The molecular formula is C14H13FN2. The second kappa shape index (κ2) is 4.87. The second-order valence-corrected chi connectivity index (χ2v) is 3.87. The Morgan fingerprint density at radius 3 is 2.53 bits per heavy atom. The number of hydrogen-bond acceptors (Lipinski definition) is 2. The zero-order valence-corrected chi connectivity index (χ0v) is 9.81. The van der Waals surface area contributed by atoms with Gasteiger partial charge in [0.2, 0.25) is 5.95 Å². The van der Waals surface area contributed by atoms with Crippen LogP contribution in [0.25, 0.3) is 12.2 Å². The van der Waals surface area contributed by atoms with Crippen molar-refractivity contribution in [1.82, 2.24) is 9.97 Å². The Kier molecular flexibility index (Phi) is 3.28. The summed E-state index contributed by atoms with van der Waals surface area (Å²) in [5.41, 5.74) is 3.91. The van der Waals surface area contributed by atoms with Crippen LogP contribution in [0, 0.1) is 19.8 Å². The van der Waals surface area contributed by atoms with Gasteiger partial charge in [-0.3, -0.25) is 4.98 Å². The molecule has 2 heterocycles. The fourth-order valence-corrected chi connectivity index (χ4v) is 1.55. The minimum Gasteiger partial charge on any atom is -0.258 e. The van der Waals surface area contributed by atoms with Crippen molar-refractivity contribution in [2.45, 2.75) is 13.8 Å². The number of hydrogen-bond donors (Lipinski definition) is 0. The molecule has 0 aliphatic rings. The number of nitrogens with zero attached hydrogens (tertiary/aromatic N) is 2. The summed E-state index contributed by atoms with van der Waals surface area (Å²) < 4.78 is 12.6. The van der Waals surface area contributed by atoms with Crippen LogP contribution in [0.5, 0.6) is 0 Å². The molecule has 0 saturated carbocycles. The van der Waals surface area contributed by atoms with Crippen LogP contribution in [0.3, 0.4) is 0 Å². The molecule has 0 N–H and O–H groups in total. The van der Waals surface area contributed by atoms with Crippen molar-refractivity contribution in [2.24, 2.45) is 0 Å². The Hall–Kier alpha value is -2.03.